The molecule has 2 fully saturated rings. The number of hydrogen-bond acceptors (Lipinski definition) is 3. The summed E-state index contributed by atoms with van der Waals surface area (Å²) in [6, 6.07) is 7.08. The molecule has 0 saturated carbocycles. The Balaban J connectivity index is 1.70. The Bertz CT molecular complexity index is 465. The highest BCUT2D eigenvalue weighted by atomic mass is 79.9. The lowest BCUT2D eigenvalue weighted by Crippen LogP contribution is -2.44. The zero-order chi connectivity index (χ0) is 13.9. The topological polar surface area (TPSA) is 15.7 Å². The van der Waals surface area contributed by atoms with Gasteiger partial charge in [-0.2, -0.15) is 0 Å². The number of hydrogen-bond donors (Lipinski definition) is 0. The molecule has 2 heterocycles. The molecule has 5 heteroatoms. The molecule has 0 amide bonds. The van der Waals surface area contributed by atoms with Crippen molar-refractivity contribution in [3.05, 3.63) is 28.2 Å². The van der Waals surface area contributed by atoms with Crippen LogP contribution in [0.4, 0.5) is 5.69 Å². The fraction of sp³-hybridized carbons (Fsp3) is 0.600. The van der Waals surface area contributed by atoms with E-state index in [1.807, 2.05) is 0 Å². The van der Waals surface area contributed by atoms with Gasteiger partial charge in [-0.1, -0.05) is 15.9 Å². The first-order chi connectivity index (χ1) is 9.78. The van der Waals surface area contributed by atoms with Crippen molar-refractivity contribution >= 4 is 33.2 Å². The third-order valence-corrected chi connectivity index (χ3v) is 5.03. The minimum Gasteiger partial charge on any atom is -0.379 e. The van der Waals surface area contributed by atoms with E-state index in [-0.39, 0.29) is 0 Å². The van der Waals surface area contributed by atoms with E-state index in [4.69, 9.17) is 16.3 Å². The Morgan fingerprint density at radius 1 is 1.25 bits per heavy atom. The number of anilines is 1. The van der Waals surface area contributed by atoms with Gasteiger partial charge >= 0.3 is 0 Å². The predicted octanol–water partition coefficient (Wildman–Crippen LogP) is 3.10. The Kier molecular flexibility index (Phi) is 4.87. The van der Waals surface area contributed by atoms with Crippen LogP contribution < -0.4 is 4.90 Å². The largest absolute Gasteiger partial charge is 0.379 e. The third-order valence-electron chi connectivity index (χ3n) is 4.25. The number of rotatable bonds is 3. The standard InChI is InChI=1S/C15H20BrClN2O/c16-13-1-2-15(12(9-13)10-17)19-4-3-14(11-19)18-5-7-20-8-6-18/h1-2,9,14H,3-8,10-11H2. The maximum absolute atomic E-state index is 6.09. The summed E-state index contributed by atoms with van der Waals surface area (Å²) >= 11 is 9.61. The quantitative estimate of drug-likeness (QED) is 0.771. The Hall–Kier alpha value is -0.290. The van der Waals surface area contributed by atoms with Gasteiger partial charge in [0.05, 0.1) is 13.2 Å². The molecule has 1 atom stereocenters. The van der Waals surface area contributed by atoms with Gasteiger partial charge in [0.25, 0.3) is 0 Å². The number of benzene rings is 1. The van der Waals surface area contributed by atoms with Gasteiger partial charge in [0.1, 0.15) is 0 Å². The van der Waals surface area contributed by atoms with Crippen molar-refractivity contribution in [1.82, 2.24) is 4.90 Å². The van der Waals surface area contributed by atoms with Gasteiger partial charge < -0.3 is 9.64 Å². The molecule has 20 heavy (non-hydrogen) atoms. The first kappa shape index (κ1) is 14.6. The van der Waals surface area contributed by atoms with Crippen LogP contribution in [-0.4, -0.2) is 50.3 Å². The van der Waals surface area contributed by atoms with Gasteiger partial charge in [0, 0.05) is 48.3 Å². The molecule has 0 bridgehead atoms. The molecular weight excluding hydrogens is 340 g/mol. The first-order valence-electron chi connectivity index (χ1n) is 7.19. The van der Waals surface area contributed by atoms with Crippen molar-refractivity contribution in [2.45, 2.75) is 18.3 Å². The molecule has 3 nitrogen and oxygen atoms in total. The van der Waals surface area contributed by atoms with Crippen LogP contribution in [0, 0.1) is 0 Å². The van der Waals surface area contributed by atoms with Gasteiger partial charge in [0.2, 0.25) is 0 Å². The second-order valence-corrected chi connectivity index (χ2v) is 6.63. The highest BCUT2D eigenvalue weighted by Crippen LogP contribution is 2.30. The molecule has 110 valence electrons. The lowest BCUT2D eigenvalue weighted by Gasteiger charge is -2.32. The van der Waals surface area contributed by atoms with Gasteiger partial charge in [-0.05, 0) is 30.2 Å². The summed E-state index contributed by atoms with van der Waals surface area (Å²) in [5.41, 5.74) is 2.50. The third kappa shape index (κ3) is 3.14. The molecule has 0 aromatic heterocycles. The van der Waals surface area contributed by atoms with E-state index < -0.39 is 0 Å². The SMILES string of the molecule is ClCc1cc(Br)ccc1N1CCC(N2CCOCC2)C1. The van der Waals surface area contributed by atoms with Crippen LogP contribution in [0.3, 0.4) is 0 Å². The Labute approximate surface area is 134 Å². The first-order valence-corrected chi connectivity index (χ1v) is 8.52. The van der Waals surface area contributed by atoms with E-state index >= 15 is 0 Å². The van der Waals surface area contributed by atoms with E-state index in [0.717, 1.165) is 43.9 Å². The smallest absolute Gasteiger partial charge is 0.0594 e. The maximum Gasteiger partial charge on any atom is 0.0594 e. The normalized spacial score (nSPS) is 24.3. The van der Waals surface area contributed by atoms with Crippen LogP contribution in [0.5, 0.6) is 0 Å². The lowest BCUT2D eigenvalue weighted by atomic mass is 10.2. The molecule has 2 saturated heterocycles. The molecule has 0 N–H and O–H groups in total. The summed E-state index contributed by atoms with van der Waals surface area (Å²) in [7, 11) is 0. The number of ether oxygens (including phenoxy) is 1. The summed E-state index contributed by atoms with van der Waals surface area (Å²) in [6.45, 7) is 6.12. The number of nitrogens with zero attached hydrogens (tertiary/aromatic N) is 2. The average Bonchev–Trinajstić information content (AvgIpc) is 2.97. The zero-order valence-electron chi connectivity index (χ0n) is 11.5. The van der Waals surface area contributed by atoms with Crippen LogP contribution >= 0.6 is 27.5 Å². The molecule has 1 aromatic carbocycles. The minimum absolute atomic E-state index is 0.563. The highest BCUT2D eigenvalue weighted by molar-refractivity contribution is 9.10. The van der Waals surface area contributed by atoms with Crippen molar-refractivity contribution in [1.29, 1.82) is 0 Å². The van der Waals surface area contributed by atoms with Gasteiger partial charge in [-0.25, -0.2) is 0 Å². The van der Waals surface area contributed by atoms with E-state index in [2.05, 4.69) is 43.9 Å². The molecular formula is C15H20BrClN2O. The Morgan fingerprint density at radius 3 is 2.80 bits per heavy atom. The number of halogens is 2. The van der Waals surface area contributed by atoms with Crippen molar-refractivity contribution in [3.8, 4) is 0 Å². The summed E-state index contributed by atoms with van der Waals surface area (Å²) in [5, 5.41) is 0. The molecule has 3 rings (SSSR count). The molecule has 0 spiro atoms. The van der Waals surface area contributed by atoms with Crippen molar-refractivity contribution in [2.24, 2.45) is 0 Å². The van der Waals surface area contributed by atoms with E-state index in [9.17, 15) is 0 Å². The Morgan fingerprint density at radius 2 is 2.05 bits per heavy atom. The van der Waals surface area contributed by atoms with Gasteiger partial charge in [0.15, 0.2) is 0 Å². The van der Waals surface area contributed by atoms with Gasteiger partial charge in [-0.3, -0.25) is 4.90 Å². The van der Waals surface area contributed by atoms with Gasteiger partial charge in [-0.15, -0.1) is 11.6 Å². The second-order valence-electron chi connectivity index (χ2n) is 5.44. The highest BCUT2D eigenvalue weighted by Gasteiger charge is 2.29. The van der Waals surface area contributed by atoms with Crippen LogP contribution in [0.1, 0.15) is 12.0 Å². The van der Waals surface area contributed by atoms with Crippen molar-refractivity contribution in [3.63, 3.8) is 0 Å². The van der Waals surface area contributed by atoms with Crippen molar-refractivity contribution in [2.75, 3.05) is 44.3 Å². The monoisotopic (exact) mass is 358 g/mol. The summed E-state index contributed by atoms with van der Waals surface area (Å²) in [5.74, 6) is 0.563. The average molecular weight is 360 g/mol. The van der Waals surface area contributed by atoms with E-state index in [0.29, 0.717) is 11.9 Å². The number of morpholine rings is 1. The minimum atomic E-state index is 0.563. The van der Waals surface area contributed by atoms with Crippen LogP contribution in [0.2, 0.25) is 0 Å². The van der Waals surface area contributed by atoms with Crippen LogP contribution in [-0.2, 0) is 10.6 Å². The summed E-state index contributed by atoms with van der Waals surface area (Å²) in [4.78, 5) is 5.05. The second kappa shape index (κ2) is 6.65. The molecule has 2 aliphatic rings. The molecule has 0 aliphatic carbocycles. The molecule has 1 aromatic rings. The summed E-state index contributed by atoms with van der Waals surface area (Å²) < 4.78 is 6.54. The fourth-order valence-electron chi connectivity index (χ4n) is 3.17. The van der Waals surface area contributed by atoms with E-state index in [1.165, 1.54) is 17.7 Å². The fourth-order valence-corrected chi connectivity index (χ4v) is 3.79. The molecule has 0 radical (unpaired) electrons. The summed E-state index contributed by atoms with van der Waals surface area (Å²) in [6.07, 6.45) is 1.23. The lowest BCUT2D eigenvalue weighted by molar-refractivity contribution is 0.0209. The molecule has 1 unspecified atom stereocenters. The predicted molar refractivity (Wildman–Crippen MR) is 86.7 cm³/mol. The molecule has 2 aliphatic heterocycles. The number of alkyl halides is 1. The van der Waals surface area contributed by atoms with Crippen LogP contribution in [0.25, 0.3) is 0 Å². The van der Waals surface area contributed by atoms with E-state index in [1.54, 1.807) is 0 Å². The zero-order valence-corrected chi connectivity index (χ0v) is 13.9. The van der Waals surface area contributed by atoms with Crippen molar-refractivity contribution < 1.29 is 4.74 Å². The van der Waals surface area contributed by atoms with Crippen LogP contribution in [0.15, 0.2) is 22.7 Å². The maximum atomic E-state index is 6.09.